The number of ether oxygens (including phenoxy) is 3. The molecule has 9 nitrogen and oxygen atoms in total. The number of rotatable bonds is 11. The third-order valence-corrected chi connectivity index (χ3v) is 6.71. The zero-order chi connectivity index (χ0) is 27.9. The molecule has 1 saturated heterocycles. The Balaban J connectivity index is 1.63. The summed E-state index contributed by atoms with van der Waals surface area (Å²) in [7, 11) is 3.14. The van der Waals surface area contributed by atoms with Crippen molar-refractivity contribution in [3.05, 3.63) is 53.7 Å². The molecule has 1 aliphatic heterocycles. The van der Waals surface area contributed by atoms with E-state index in [-0.39, 0.29) is 30.4 Å². The van der Waals surface area contributed by atoms with Crippen molar-refractivity contribution in [2.24, 2.45) is 5.92 Å². The smallest absolute Gasteiger partial charge is 0.246 e. The summed E-state index contributed by atoms with van der Waals surface area (Å²) in [6.45, 7) is 4.94. The van der Waals surface area contributed by atoms with E-state index < -0.39 is 0 Å². The van der Waals surface area contributed by atoms with E-state index in [1.807, 2.05) is 38.2 Å². The maximum Gasteiger partial charge on any atom is 0.246 e. The van der Waals surface area contributed by atoms with Crippen LogP contribution >= 0.6 is 11.6 Å². The van der Waals surface area contributed by atoms with E-state index in [0.717, 1.165) is 18.4 Å². The third-order valence-electron chi connectivity index (χ3n) is 6.46. The highest BCUT2D eigenvalue weighted by Crippen LogP contribution is 2.32. The molecule has 0 aliphatic carbocycles. The summed E-state index contributed by atoms with van der Waals surface area (Å²) in [4.78, 5) is 32.6. The van der Waals surface area contributed by atoms with E-state index in [2.05, 4.69) is 5.32 Å². The SMILES string of the molecule is COc1ccc(-n2cc(-c3ccc(Cl)cc3)nc2NC(=O)CN(C[C@@H]2CCCO2)C(=O)CC(C)C)cc1OC. The van der Waals surface area contributed by atoms with Gasteiger partial charge in [0.25, 0.3) is 0 Å². The fraction of sp³-hybridized carbons (Fsp3) is 0.414. The van der Waals surface area contributed by atoms with Crippen LogP contribution in [-0.4, -0.2) is 66.3 Å². The number of hydrogen-bond acceptors (Lipinski definition) is 6. The first-order valence-corrected chi connectivity index (χ1v) is 13.4. The lowest BCUT2D eigenvalue weighted by molar-refractivity contribution is -0.136. The number of nitrogens with zero attached hydrogens (tertiary/aromatic N) is 3. The van der Waals surface area contributed by atoms with Gasteiger partial charge in [-0.25, -0.2) is 4.98 Å². The second-order valence-electron chi connectivity index (χ2n) is 9.92. The fourth-order valence-electron chi connectivity index (χ4n) is 4.50. The van der Waals surface area contributed by atoms with Crippen LogP contribution in [0.25, 0.3) is 16.9 Å². The Bertz CT molecular complexity index is 1290. The number of hydrogen-bond donors (Lipinski definition) is 1. The van der Waals surface area contributed by atoms with Crippen LogP contribution in [0.2, 0.25) is 5.02 Å². The molecule has 0 spiro atoms. The lowest BCUT2D eigenvalue weighted by Gasteiger charge is -2.25. The van der Waals surface area contributed by atoms with E-state index in [1.54, 1.807) is 48.0 Å². The van der Waals surface area contributed by atoms with Crippen molar-refractivity contribution in [1.82, 2.24) is 14.5 Å². The van der Waals surface area contributed by atoms with Gasteiger partial charge in [0.15, 0.2) is 11.5 Å². The molecule has 10 heteroatoms. The molecule has 1 aromatic heterocycles. The Labute approximate surface area is 234 Å². The predicted octanol–water partition coefficient (Wildman–Crippen LogP) is 5.20. The summed E-state index contributed by atoms with van der Waals surface area (Å²) in [5.41, 5.74) is 2.19. The molecule has 1 fully saturated rings. The molecule has 2 amide bonds. The van der Waals surface area contributed by atoms with Gasteiger partial charge in [-0.1, -0.05) is 37.6 Å². The minimum atomic E-state index is -0.347. The maximum absolute atomic E-state index is 13.3. The molecule has 2 heterocycles. The lowest BCUT2D eigenvalue weighted by Crippen LogP contribution is -2.42. The highest BCUT2D eigenvalue weighted by Gasteiger charge is 2.25. The highest BCUT2D eigenvalue weighted by molar-refractivity contribution is 6.30. The summed E-state index contributed by atoms with van der Waals surface area (Å²) >= 11 is 6.08. The first-order valence-electron chi connectivity index (χ1n) is 13.0. The van der Waals surface area contributed by atoms with Crippen molar-refractivity contribution < 1.29 is 23.8 Å². The van der Waals surface area contributed by atoms with Crippen molar-refractivity contribution in [2.45, 2.75) is 39.2 Å². The van der Waals surface area contributed by atoms with Crippen molar-refractivity contribution in [1.29, 1.82) is 0 Å². The molecule has 0 bridgehead atoms. The van der Waals surface area contributed by atoms with Gasteiger partial charge in [0, 0.05) is 42.4 Å². The molecule has 2 aromatic carbocycles. The van der Waals surface area contributed by atoms with Crippen LogP contribution in [-0.2, 0) is 14.3 Å². The average Bonchev–Trinajstić information content (AvgIpc) is 3.58. The van der Waals surface area contributed by atoms with Crippen LogP contribution in [0.1, 0.15) is 33.1 Å². The Kier molecular flexibility index (Phi) is 9.48. The third kappa shape index (κ3) is 7.30. The Hall–Kier alpha value is -3.56. The first-order chi connectivity index (χ1) is 18.8. The number of halogens is 1. The largest absolute Gasteiger partial charge is 0.493 e. The second kappa shape index (κ2) is 13.0. The number of imidazole rings is 1. The summed E-state index contributed by atoms with van der Waals surface area (Å²) in [6.07, 6.45) is 3.97. The van der Waals surface area contributed by atoms with Crippen molar-refractivity contribution in [3.8, 4) is 28.4 Å². The van der Waals surface area contributed by atoms with E-state index in [4.69, 9.17) is 30.8 Å². The van der Waals surface area contributed by atoms with E-state index >= 15 is 0 Å². The van der Waals surface area contributed by atoms with Crippen LogP contribution < -0.4 is 14.8 Å². The summed E-state index contributed by atoms with van der Waals surface area (Å²) in [6, 6.07) is 12.7. The van der Waals surface area contributed by atoms with Crippen molar-refractivity contribution in [3.63, 3.8) is 0 Å². The zero-order valence-corrected chi connectivity index (χ0v) is 23.5. The number of carbonyl (C=O) groups is 2. The summed E-state index contributed by atoms with van der Waals surface area (Å²) in [5, 5.41) is 3.54. The monoisotopic (exact) mass is 554 g/mol. The molecular formula is C29H35ClN4O5. The Morgan fingerprint density at radius 2 is 1.90 bits per heavy atom. The average molecular weight is 555 g/mol. The van der Waals surface area contributed by atoms with Gasteiger partial charge in [-0.05, 0) is 43.0 Å². The van der Waals surface area contributed by atoms with Crippen LogP contribution in [0.5, 0.6) is 11.5 Å². The topological polar surface area (TPSA) is 94.9 Å². The molecule has 39 heavy (non-hydrogen) atoms. The van der Waals surface area contributed by atoms with Crippen molar-refractivity contribution >= 4 is 29.4 Å². The number of methoxy groups -OCH3 is 2. The molecule has 0 unspecified atom stereocenters. The first kappa shape index (κ1) is 28.4. The minimum Gasteiger partial charge on any atom is -0.493 e. The number of anilines is 1. The van der Waals surface area contributed by atoms with Gasteiger partial charge < -0.3 is 19.1 Å². The van der Waals surface area contributed by atoms with Gasteiger partial charge >= 0.3 is 0 Å². The molecule has 1 atom stereocenters. The second-order valence-corrected chi connectivity index (χ2v) is 10.4. The molecule has 4 rings (SSSR count). The number of aromatic nitrogens is 2. The van der Waals surface area contributed by atoms with Crippen LogP contribution in [0.4, 0.5) is 5.95 Å². The number of carbonyl (C=O) groups excluding carboxylic acids is 2. The molecule has 1 N–H and O–H groups in total. The zero-order valence-electron chi connectivity index (χ0n) is 22.8. The Morgan fingerprint density at radius 1 is 1.15 bits per heavy atom. The summed E-state index contributed by atoms with van der Waals surface area (Å²) in [5.74, 6) is 1.19. The molecule has 208 valence electrons. The fourth-order valence-corrected chi connectivity index (χ4v) is 4.63. The number of nitrogens with one attached hydrogen (secondary N) is 1. The molecular weight excluding hydrogens is 520 g/mol. The quantitative estimate of drug-likeness (QED) is 0.350. The minimum absolute atomic E-state index is 0.0563. The summed E-state index contributed by atoms with van der Waals surface area (Å²) < 4.78 is 18.4. The predicted molar refractivity (Wildman–Crippen MR) is 151 cm³/mol. The van der Waals surface area contributed by atoms with Gasteiger partial charge in [-0.3, -0.25) is 19.5 Å². The highest BCUT2D eigenvalue weighted by atomic mass is 35.5. The van der Waals surface area contributed by atoms with Gasteiger partial charge in [-0.2, -0.15) is 0 Å². The van der Waals surface area contributed by atoms with E-state index in [9.17, 15) is 9.59 Å². The van der Waals surface area contributed by atoms with Gasteiger partial charge in [0.1, 0.15) is 6.54 Å². The number of benzene rings is 2. The van der Waals surface area contributed by atoms with Crippen LogP contribution in [0, 0.1) is 5.92 Å². The Morgan fingerprint density at radius 3 is 2.54 bits per heavy atom. The molecule has 0 saturated carbocycles. The molecule has 3 aromatic rings. The van der Waals surface area contributed by atoms with Gasteiger partial charge in [-0.15, -0.1) is 0 Å². The standard InChI is InChI=1S/C29H35ClN4O5/c1-19(2)14-28(36)33(16-23-6-5-13-39-23)18-27(35)32-29-31-24(20-7-9-21(30)10-8-20)17-34(29)22-11-12-25(37-3)26(15-22)38-4/h7-12,15,17,19,23H,5-6,13-14,16,18H2,1-4H3,(H,31,32,35)/t23-/m0/s1. The van der Waals surface area contributed by atoms with E-state index in [0.29, 0.717) is 53.4 Å². The lowest BCUT2D eigenvalue weighted by atomic mass is 10.1. The molecule has 0 radical (unpaired) electrons. The van der Waals surface area contributed by atoms with Gasteiger partial charge in [0.05, 0.1) is 31.7 Å². The number of amides is 2. The molecule has 1 aliphatic rings. The van der Waals surface area contributed by atoms with Gasteiger partial charge in [0.2, 0.25) is 17.8 Å². The van der Waals surface area contributed by atoms with E-state index in [1.165, 1.54) is 0 Å². The maximum atomic E-state index is 13.3. The normalized spacial score (nSPS) is 14.9. The van der Waals surface area contributed by atoms with Crippen LogP contribution in [0.3, 0.4) is 0 Å². The van der Waals surface area contributed by atoms with Crippen LogP contribution in [0.15, 0.2) is 48.7 Å². The van der Waals surface area contributed by atoms with Crippen molar-refractivity contribution in [2.75, 3.05) is 39.2 Å².